The Bertz CT molecular complexity index is 1120. The van der Waals surface area contributed by atoms with E-state index in [0.717, 1.165) is 57.8 Å². The third-order valence-corrected chi connectivity index (χ3v) is 16.1. The van der Waals surface area contributed by atoms with Crippen LogP contribution in [0.1, 0.15) is 406 Å². The van der Waals surface area contributed by atoms with Gasteiger partial charge < -0.3 is 14.2 Å². The van der Waals surface area contributed by atoms with E-state index in [9.17, 15) is 14.4 Å². The molecule has 0 heterocycles. The molecule has 0 saturated carbocycles. The molecule has 0 aliphatic carbocycles. The molecule has 446 valence electrons. The van der Waals surface area contributed by atoms with Crippen LogP contribution in [0.15, 0.2) is 0 Å². The highest BCUT2D eigenvalue weighted by Gasteiger charge is 2.19. The highest BCUT2D eigenvalue weighted by atomic mass is 16.6. The largest absolute Gasteiger partial charge is 0.462 e. The minimum atomic E-state index is -0.762. The van der Waals surface area contributed by atoms with Crippen molar-refractivity contribution in [3.05, 3.63) is 0 Å². The Kier molecular flexibility index (Phi) is 63.6. The van der Waals surface area contributed by atoms with Gasteiger partial charge in [-0.05, 0) is 19.3 Å². The monoisotopic (exact) mass is 1060 g/mol. The minimum Gasteiger partial charge on any atom is -0.462 e. The van der Waals surface area contributed by atoms with Gasteiger partial charge in [0, 0.05) is 19.3 Å². The molecule has 0 rings (SSSR count). The molecule has 0 fully saturated rings. The first-order chi connectivity index (χ1) is 37.0. The van der Waals surface area contributed by atoms with E-state index in [1.165, 1.54) is 308 Å². The van der Waals surface area contributed by atoms with Crippen molar-refractivity contribution in [1.29, 1.82) is 0 Å². The van der Waals surface area contributed by atoms with Gasteiger partial charge in [0.1, 0.15) is 13.2 Å². The third-order valence-electron chi connectivity index (χ3n) is 16.1. The van der Waals surface area contributed by atoms with E-state index in [0.29, 0.717) is 19.3 Å². The SMILES string of the molecule is CCCCCCCCCCCCCCCCCCCCCCCCCCCCCCCCC(=O)OCC(COC(=O)CCCCCCCCCCCCCCC)OC(=O)CCCCCCCCCCCCCCCC. The molecule has 0 N–H and O–H groups in total. The second-order valence-electron chi connectivity index (χ2n) is 23.8. The maximum atomic E-state index is 12.9. The van der Waals surface area contributed by atoms with Crippen LogP contribution in [0.2, 0.25) is 0 Å². The molecule has 0 aromatic carbocycles. The van der Waals surface area contributed by atoms with Gasteiger partial charge in [-0.2, -0.15) is 0 Å². The van der Waals surface area contributed by atoms with Crippen LogP contribution >= 0.6 is 0 Å². The third kappa shape index (κ3) is 63.1. The average molecular weight is 1060 g/mol. The molecule has 0 radical (unpaired) electrons. The van der Waals surface area contributed by atoms with Gasteiger partial charge in [0.15, 0.2) is 6.10 Å². The van der Waals surface area contributed by atoms with E-state index >= 15 is 0 Å². The summed E-state index contributed by atoms with van der Waals surface area (Å²) in [6.07, 6.45) is 75.7. The summed E-state index contributed by atoms with van der Waals surface area (Å²) in [4.78, 5) is 38.3. The molecule has 0 bridgehead atoms. The lowest BCUT2D eigenvalue weighted by molar-refractivity contribution is -0.167. The highest BCUT2D eigenvalue weighted by Crippen LogP contribution is 2.19. The number of esters is 3. The summed E-state index contributed by atoms with van der Waals surface area (Å²) < 4.78 is 17.0. The van der Waals surface area contributed by atoms with Gasteiger partial charge in [-0.15, -0.1) is 0 Å². The van der Waals surface area contributed by atoms with Gasteiger partial charge >= 0.3 is 17.9 Å². The number of unbranched alkanes of at least 4 members (excludes halogenated alkanes) is 54. The topological polar surface area (TPSA) is 78.9 Å². The van der Waals surface area contributed by atoms with E-state index in [2.05, 4.69) is 20.8 Å². The highest BCUT2D eigenvalue weighted by molar-refractivity contribution is 5.71. The van der Waals surface area contributed by atoms with Crippen LogP contribution in [0.25, 0.3) is 0 Å². The Balaban J connectivity index is 4.07. The number of carbonyl (C=O) groups is 3. The molecular weight excluding hydrogens is 925 g/mol. The lowest BCUT2D eigenvalue weighted by Gasteiger charge is -2.18. The molecule has 0 aliphatic rings. The Morgan fingerprint density at radius 3 is 0.533 bits per heavy atom. The first-order valence-electron chi connectivity index (χ1n) is 34.5. The van der Waals surface area contributed by atoms with Crippen LogP contribution < -0.4 is 0 Å². The fraction of sp³-hybridized carbons (Fsp3) is 0.957. The van der Waals surface area contributed by atoms with Crippen molar-refractivity contribution < 1.29 is 28.6 Å². The second kappa shape index (κ2) is 64.9. The van der Waals surface area contributed by atoms with Gasteiger partial charge in [0.2, 0.25) is 0 Å². The summed E-state index contributed by atoms with van der Waals surface area (Å²) >= 11 is 0. The lowest BCUT2D eigenvalue weighted by atomic mass is 10.0. The van der Waals surface area contributed by atoms with Crippen molar-refractivity contribution in [2.75, 3.05) is 13.2 Å². The van der Waals surface area contributed by atoms with Crippen LogP contribution in [0.3, 0.4) is 0 Å². The zero-order valence-corrected chi connectivity index (χ0v) is 51.4. The Morgan fingerprint density at radius 1 is 0.213 bits per heavy atom. The second-order valence-corrected chi connectivity index (χ2v) is 23.8. The molecule has 1 atom stereocenters. The predicted octanol–water partition coefficient (Wildman–Crippen LogP) is 23.5. The van der Waals surface area contributed by atoms with Gasteiger partial charge in [-0.25, -0.2) is 0 Å². The molecule has 1 unspecified atom stereocenters. The Labute approximate surface area is 469 Å². The first-order valence-corrected chi connectivity index (χ1v) is 34.5. The first kappa shape index (κ1) is 73.4. The maximum absolute atomic E-state index is 12.9. The average Bonchev–Trinajstić information content (AvgIpc) is 3.41. The van der Waals surface area contributed by atoms with Crippen LogP contribution in [0.4, 0.5) is 0 Å². The van der Waals surface area contributed by atoms with Gasteiger partial charge in [-0.1, -0.05) is 367 Å². The Hall–Kier alpha value is -1.59. The summed E-state index contributed by atoms with van der Waals surface area (Å²) in [5, 5.41) is 0. The molecular formula is C69H134O6. The van der Waals surface area contributed by atoms with Crippen molar-refractivity contribution in [2.24, 2.45) is 0 Å². The van der Waals surface area contributed by atoms with E-state index < -0.39 is 6.10 Å². The van der Waals surface area contributed by atoms with Gasteiger partial charge in [-0.3, -0.25) is 14.4 Å². The summed E-state index contributed by atoms with van der Waals surface area (Å²) in [6, 6.07) is 0. The quantitative estimate of drug-likeness (QED) is 0.0343. The van der Waals surface area contributed by atoms with Gasteiger partial charge in [0.05, 0.1) is 0 Å². The minimum absolute atomic E-state index is 0.0606. The molecule has 6 nitrogen and oxygen atoms in total. The van der Waals surface area contributed by atoms with Crippen LogP contribution in [-0.4, -0.2) is 37.2 Å². The van der Waals surface area contributed by atoms with Crippen LogP contribution in [-0.2, 0) is 28.6 Å². The smallest absolute Gasteiger partial charge is 0.306 e. The molecule has 0 amide bonds. The molecule has 0 aromatic rings. The number of carbonyl (C=O) groups excluding carboxylic acids is 3. The number of rotatable bonds is 65. The van der Waals surface area contributed by atoms with Crippen molar-refractivity contribution in [2.45, 2.75) is 412 Å². The van der Waals surface area contributed by atoms with E-state index in [1.54, 1.807) is 0 Å². The number of hydrogen-bond donors (Lipinski definition) is 0. The zero-order chi connectivity index (χ0) is 54.3. The molecule has 0 spiro atoms. The molecule has 0 aliphatic heterocycles. The number of hydrogen-bond acceptors (Lipinski definition) is 6. The van der Waals surface area contributed by atoms with Gasteiger partial charge in [0.25, 0.3) is 0 Å². The van der Waals surface area contributed by atoms with Crippen molar-refractivity contribution >= 4 is 17.9 Å². The van der Waals surface area contributed by atoms with E-state index in [1.807, 2.05) is 0 Å². The zero-order valence-electron chi connectivity index (χ0n) is 51.4. The fourth-order valence-corrected chi connectivity index (χ4v) is 10.9. The maximum Gasteiger partial charge on any atom is 0.306 e. The fourth-order valence-electron chi connectivity index (χ4n) is 10.9. The lowest BCUT2D eigenvalue weighted by Crippen LogP contribution is -2.30. The van der Waals surface area contributed by atoms with Crippen molar-refractivity contribution in [3.63, 3.8) is 0 Å². The summed E-state index contributed by atoms with van der Waals surface area (Å²) in [5.74, 6) is -0.825. The summed E-state index contributed by atoms with van der Waals surface area (Å²) in [6.45, 7) is 6.73. The molecule has 6 heteroatoms. The van der Waals surface area contributed by atoms with Crippen LogP contribution in [0, 0.1) is 0 Å². The molecule has 0 saturated heterocycles. The number of ether oxygens (including phenoxy) is 3. The molecule has 75 heavy (non-hydrogen) atoms. The Morgan fingerprint density at radius 2 is 0.360 bits per heavy atom. The summed E-state index contributed by atoms with van der Waals surface area (Å²) in [7, 11) is 0. The van der Waals surface area contributed by atoms with E-state index in [4.69, 9.17) is 14.2 Å². The van der Waals surface area contributed by atoms with Crippen LogP contribution in [0.5, 0.6) is 0 Å². The normalized spacial score (nSPS) is 11.9. The van der Waals surface area contributed by atoms with E-state index in [-0.39, 0.29) is 31.1 Å². The predicted molar refractivity (Wildman–Crippen MR) is 326 cm³/mol. The summed E-state index contributed by atoms with van der Waals surface area (Å²) in [5.41, 5.74) is 0. The van der Waals surface area contributed by atoms with Crippen molar-refractivity contribution in [3.8, 4) is 0 Å². The van der Waals surface area contributed by atoms with Crippen molar-refractivity contribution in [1.82, 2.24) is 0 Å². The standard InChI is InChI=1S/C69H134O6/c1-4-7-10-13-16-19-22-25-27-28-29-30-31-32-33-34-35-36-37-38-39-40-41-42-45-47-50-53-56-59-62-68(71)74-65-66(64-73-67(70)61-58-55-52-49-46-43-24-21-18-15-12-9-6-3)75-69(72)63-60-57-54-51-48-44-26-23-20-17-14-11-8-5-2/h66H,4-65H2,1-3H3. The molecule has 0 aromatic heterocycles.